The summed E-state index contributed by atoms with van der Waals surface area (Å²) in [5, 5.41) is 3.17. The first-order chi connectivity index (χ1) is 14.9. The van der Waals surface area contributed by atoms with E-state index in [1.54, 1.807) is 36.4 Å². The third-order valence-electron chi connectivity index (χ3n) is 4.64. The van der Waals surface area contributed by atoms with Crippen LogP contribution in [-0.2, 0) is 4.79 Å². The van der Waals surface area contributed by atoms with Gasteiger partial charge in [-0.1, -0.05) is 71.8 Å². The molecule has 0 bridgehead atoms. The average Bonchev–Trinajstić information content (AvgIpc) is 2.78. The molecule has 3 aromatic rings. The Labute approximate surface area is 185 Å². The molecule has 0 aliphatic heterocycles. The van der Waals surface area contributed by atoms with Gasteiger partial charge < -0.3 is 5.32 Å². The second-order valence-electron chi connectivity index (χ2n) is 6.99. The summed E-state index contributed by atoms with van der Waals surface area (Å²) < 4.78 is 0. The van der Waals surface area contributed by atoms with Crippen LogP contribution in [0.25, 0.3) is 0 Å². The lowest BCUT2D eigenvalue weighted by molar-refractivity contribution is -0.122. The summed E-state index contributed by atoms with van der Waals surface area (Å²) in [6, 6.07) is 22.2. The number of carbonyl (C=O) groups excluding carboxylic acids is 3. The fraction of sp³-hybridized carbons (Fsp3) is 0.125. The first-order valence-corrected chi connectivity index (χ1v) is 10.1. The Balaban J connectivity index is 1.66. The van der Waals surface area contributed by atoms with Gasteiger partial charge in [-0.15, -0.1) is 0 Å². The first kappa shape index (κ1) is 22.1. The normalized spacial score (nSPS) is 11.3. The number of rotatable bonds is 6. The number of benzene rings is 3. The monoisotopic (exact) mass is 435 g/mol. The highest BCUT2D eigenvalue weighted by Gasteiger charge is 2.20. The molecule has 0 radical (unpaired) electrons. The minimum Gasteiger partial charge on any atom is -0.345 e. The van der Waals surface area contributed by atoms with Gasteiger partial charge in [-0.25, -0.2) is 0 Å². The van der Waals surface area contributed by atoms with E-state index >= 15 is 0 Å². The molecular weight excluding hydrogens is 414 g/mol. The highest BCUT2D eigenvalue weighted by atomic mass is 35.5. The number of aryl methyl sites for hydroxylation is 1. The smallest absolute Gasteiger partial charge is 0.269 e. The molecule has 158 valence electrons. The van der Waals surface area contributed by atoms with Crippen LogP contribution in [0.1, 0.15) is 44.3 Å². The van der Waals surface area contributed by atoms with E-state index in [1.165, 1.54) is 0 Å². The molecule has 0 aliphatic carbocycles. The Morgan fingerprint density at radius 1 is 0.806 bits per heavy atom. The number of halogens is 1. The van der Waals surface area contributed by atoms with Crippen molar-refractivity contribution in [3.8, 4) is 0 Å². The highest BCUT2D eigenvalue weighted by molar-refractivity contribution is 6.33. The van der Waals surface area contributed by atoms with Crippen LogP contribution in [0, 0.1) is 6.92 Å². The van der Waals surface area contributed by atoms with Crippen molar-refractivity contribution >= 4 is 29.3 Å². The topological polar surface area (TPSA) is 87.3 Å². The summed E-state index contributed by atoms with van der Waals surface area (Å²) >= 11 is 6.12. The maximum absolute atomic E-state index is 12.7. The largest absolute Gasteiger partial charge is 0.345 e. The molecule has 3 N–H and O–H groups in total. The second-order valence-corrected chi connectivity index (χ2v) is 7.40. The number of hydrazine groups is 1. The van der Waals surface area contributed by atoms with Crippen molar-refractivity contribution in [2.24, 2.45) is 0 Å². The zero-order chi connectivity index (χ0) is 22.2. The Bertz CT molecular complexity index is 1070. The van der Waals surface area contributed by atoms with E-state index < -0.39 is 23.8 Å². The average molecular weight is 436 g/mol. The van der Waals surface area contributed by atoms with Crippen molar-refractivity contribution in [2.45, 2.75) is 19.4 Å². The third-order valence-corrected chi connectivity index (χ3v) is 4.97. The zero-order valence-electron chi connectivity index (χ0n) is 16.9. The van der Waals surface area contributed by atoms with Crippen molar-refractivity contribution in [3.63, 3.8) is 0 Å². The number of carbonyl (C=O) groups is 3. The quantitative estimate of drug-likeness (QED) is 0.512. The number of nitrogens with one attached hydrogen (secondary N) is 3. The van der Waals surface area contributed by atoms with Gasteiger partial charge in [0.1, 0.15) is 0 Å². The van der Waals surface area contributed by atoms with Gasteiger partial charge in [0.2, 0.25) is 5.91 Å². The highest BCUT2D eigenvalue weighted by Crippen LogP contribution is 2.20. The lowest BCUT2D eigenvalue weighted by Gasteiger charge is -2.19. The molecule has 1 atom stereocenters. The number of amides is 3. The third kappa shape index (κ3) is 6.17. The molecule has 3 aromatic carbocycles. The summed E-state index contributed by atoms with van der Waals surface area (Å²) in [4.78, 5) is 37.4. The van der Waals surface area contributed by atoms with Gasteiger partial charge in [-0.3, -0.25) is 25.2 Å². The van der Waals surface area contributed by atoms with Gasteiger partial charge in [0.15, 0.2) is 0 Å². The maximum atomic E-state index is 12.7. The van der Waals surface area contributed by atoms with Gasteiger partial charge in [-0.2, -0.15) is 0 Å². The van der Waals surface area contributed by atoms with E-state index in [-0.39, 0.29) is 6.42 Å². The van der Waals surface area contributed by atoms with E-state index in [4.69, 9.17) is 11.6 Å². The van der Waals surface area contributed by atoms with Crippen LogP contribution in [0.3, 0.4) is 0 Å². The summed E-state index contributed by atoms with van der Waals surface area (Å²) in [5.41, 5.74) is 7.33. The van der Waals surface area contributed by atoms with Crippen molar-refractivity contribution < 1.29 is 14.4 Å². The number of hydrogen-bond acceptors (Lipinski definition) is 3. The van der Waals surface area contributed by atoms with Crippen LogP contribution in [-0.4, -0.2) is 17.7 Å². The van der Waals surface area contributed by atoms with Gasteiger partial charge in [0, 0.05) is 5.56 Å². The predicted molar refractivity (Wildman–Crippen MR) is 120 cm³/mol. The van der Waals surface area contributed by atoms with Crippen LogP contribution in [0.5, 0.6) is 0 Å². The molecule has 6 nitrogen and oxygen atoms in total. The van der Waals surface area contributed by atoms with Crippen LogP contribution in [0.2, 0.25) is 5.02 Å². The molecule has 0 heterocycles. The molecule has 0 saturated heterocycles. The van der Waals surface area contributed by atoms with Crippen molar-refractivity contribution in [1.82, 2.24) is 16.2 Å². The lowest BCUT2D eigenvalue weighted by Crippen LogP contribution is -2.43. The summed E-state index contributed by atoms with van der Waals surface area (Å²) in [5.74, 6) is -1.27. The predicted octanol–water partition coefficient (Wildman–Crippen LogP) is 3.97. The molecule has 0 aliphatic rings. The van der Waals surface area contributed by atoms with Crippen LogP contribution < -0.4 is 16.2 Å². The molecule has 31 heavy (non-hydrogen) atoms. The Morgan fingerprint density at radius 2 is 1.45 bits per heavy atom. The maximum Gasteiger partial charge on any atom is 0.269 e. The van der Waals surface area contributed by atoms with Crippen molar-refractivity contribution in [1.29, 1.82) is 0 Å². The molecule has 0 saturated carbocycles. The van der Waals surface area contributed by atoms with E-state index in [0.29, 0.717) is 16.1 Å². The van der Waals surface area contributed by atoms with E-state index in [9.17, 15) is 14.4 Å². The Hall–Kier alpha value is -3.64. The zero-order valence-corrected chi connectivity index (χ0v) is 17.6. The van der Waals surface area contributed by atoms with Gasteiger partial charge in [0.05, 0.1) is 23.0 Å². The van der Waals surface area contributed by atoms with E-state index in [1.807, 2.05) is 49.4 Å². The molecular formula is C24H22ClN3O3. The standard InChI is InChI=1S/C24H22ClN3O3/c1-16-11-13-18(14-12-16)23(30)28-27-22(29)15-21(17-7-3-2-4-8-17)26-24(31)19-9-5-6-10-20(19)25/h2-14,21H,15H2,1H3,(H,26,31)(H,27,29)(H,28,30). The Morgan fingerprint density at radius 3 is 2.13 bits per heavy atom. The second kappa shape index (κ2) is 10.4. The number of hydrogen-bond donors (Lipinski definition) is 3. The van der Waals surface area contributed by atoms with Gasteiger partial charge in [-0.05, 0) is 36.8 Å². The Kier molecular flexibility index (Phi) is 7.40. The van der Waals surface area contributed by atoms with Gasteiger partial charge in [0.25, 0.3) is 11.8 Å². The van der Waals surface area contributed by atoms with Crippen molar-refractivity contribution in [2.75, 3.05) is 0 Å². The van der Waals surface area contributed by atoms with Crippen LogP contribution in [0.4, 0.5) is 0 Å². The minimum atomic E-state index is -0.610. The van der Waals surface area contributed by atoms with Gasteiger partial charge >= 0.3 is 0 Å². The van der Waals surface area contributed by atoms with Crippen LogP contribution in [0.15, 0.2) is 78.9 Å². The molecule has 3 rings (SSSR count). The molecule has 7 heteroatoms. The summed E-state index contributed by atoms with van der Waals surface area (Å²) in [6.45, 7) is 1.92. The lowest BCUT2D eigenvalue weighted by atomic mass is 10.0. The van der Waals surface area contributed by atoms with Crippen molar-refractivity contribution in [3.05, 3.63) is 106 Å². The molecule has 1 unspecified atom stereocenters. The minimum absolute atomic E-state index is 0.0750. The fourth-order valence-corrected chi connectivity index (χ4v) is 3.18. The fourth-order valence-electron chi connectivity index (χ4n) is 2.96. The van der Waals surface area contributed by atoms with E-state index in [2.05, 4.69) is 16.2 Å². The molecule has 0 aromatic heterocycles. The first-order valence-electron chi connectivity index (χ1n) is 9.70. The molecule has 0 spiro atoms. The summed E-state index contributed by atoms with van der Waals surface area (Å²) in [6.07, 6.45) is -0.0750. The molecule has 3 amide bonds. The SMILES string of the molecule is Cc1ccc(C(=O)NNC(=O)CC(NC(=O)c2ccccc2Cl)c2ccccc2)cc1. The molecule has 0 fully saturated rings. The summed E-state index contributed by atoms with van der Waals surface area (Å²) in [7, 11) is 0. The van der Waals surface area contributed by atoms with E-state index in [0.717, 1.165) is 11.1 Å². The van der Waals surface area contributed by atoms with Crippen LogP contribution >= 0.6 is 11.6 Å².